The fourth-order valence-corrected chi connectivity index (χ4v) is 1.47. The molecule has 0 aliphatic carbocycles. The molecule has 16 heavy (non-hydrogen) atoms. The molecule has 0 atom stereocenters. The minimum absolute atomic E-state index is 0.566. The van der Waals surface area contributed by atoms with Gasteiger partial charge in [0.25, 0.3) is 0 Å². The van der Waals surface area contributed by atoms with Gasteiger partial charge in [0, 0.05) is 30.1 Å². The van der Waals surface area contributed by atoms with E-state index in [1.807, 2.05) is 26.0 Å². The Hall–Kier alpha value is -1.97. The van der Waals surface area contributed by atoms with Crippen molar-refractivity contribution in [1.29, 1.82) is 0 Å². The molecule has 2 aromatic heterocycles. The Morgan fingerprint density at radius 3 is 2.44 bits per heavy atom. The van der Waals surface area contributed by atoms with E-state index in [4.69, 9.17) is 5.73 Å². The van der Waals surface area contributed by atoms with Gasteiger partial charge >= 0.3 is 0 Å². The normalized spacial score (nSPS) is 10.4. The second-order valence-electron chi connectivity index (χ2n) is 3.77. The summed E-state index contributed by atoms with van der Waals surface area (Å²) >= 11 is 0. The number of aromatic nitrogens is 3. The standard InChI is InChI=1S/C12H14N4/c1-8-9(2)15-11(16-12(8)13)7-10-3-5-14-6-4-10/h3-6H,7H2,1-2H3,(H2,13,15,16). The molecule has 0 unspecified atom stereocenters. The van der Waals surface area contributed by atoms with Crippen LogP contribution in [-0.4, -0.2) is 15.0 Å². The van der Waals surface area contributed by atoms with E-state index in [1.54, 1.807) is 12.4 Å². The molecular formula is C12H14N4. The molecule has 4 heteroatoms. The number of rotatable bonds is 2. The lowest BCUT2D eigenvalue weighted by Crippen LogP contribution is -2.05. The summed E-state index contributed by atoms with van der Waals surface area (Å²) in [6.45, 7) is 3.88. The number of aryl methyl sites for hydroxylation is 1. The SMILES string of the molecule is Cc1nc(Cc2ccncc2)nc(N)c1C. The first kappa shape index (κ1) is 10.5. The summed E-state index contributed by atoms with van der Waals surface area (Å²) < 4.78 is 0. The van der Waals surface area contributed by atoms with Gasteiger partial charge in [0.1, 0.15) is 11.6 Å². The highest BCUT2D eigenvalue weighted by atomic mass is 14.9. The third-order valence-electron chi connectivity index (χ3n) is 2.58. The minimum atomic E-state index is 0.566. The summed E-state index contributed by atoms with van der Waals surface area (Å²) in [5.41, 5.74) is 8.85. The van der Waals surface area contributed by atoms with E-state index in [9.17, 15) is 0 Å². The average Bonchev–Trinajstić information content (AvgIpc) is 2.27. The predicted molar refractivity (Wildman–Crippen MR) is 63.0 cm³/mol. The summed E-state index contributed by atoms with van der Waals surface area (Å²) in [5.74, 6) is 1.32. The van der Waals surface area contributed by atoms with Gasteiger partial charge in [-0.15, -0.1) is 0 Å². The quantitative estimate of drug-likeness (QED) is 0.825. The van der Waals surface area contributed by atoms with Crippen molar-refractivity contribution in [2.45, 2.75) is 20.3 Å². The molecule has 82 valence electrons. The fraction of sp³-hybridized carbons (Fsp3) is 0.250. The lowest BCUT2D eigenvalue weighted by Gasteiger charge is -2.06. The molecule has 0 amide bonds. The van der Waals surface area contributed by atoms with Crippen LogP contribution >= 0.6 is 0 Å². The summed E-state index contributed by atoms with van der Waals surface area (Å²) in [6, 6.07) is 3.91. The van der Waals surface area contributed by atoms with Gasteiger partial charge in [-0.05, 0) is 31.5 Å². The Bertz CT molecular complexity index is 471. The third-order valence-corrected chi connectivity index (χ3v) is 2.58. The van der Waals surface area contributed by atoms with Gasteiger partial charge in [-0.25, -0.2) is 9.97 Å². The molecule has 0 saturated carbocycles. The molecule has 0 aromatic carbocycles. The molecule has 2 N–H and O–H groups in total. The van der Waals surface area contributed by atoms with Crippen molar-refractivity contribution in [2.75, 3.05) is 5.73 Å². The Morgan fingerprint density at radius 1 is 1.12 bits per heavy atom. The van der Waals surface area contributed by atoms with Crippen LogP contribution in [0.3, 0.4) is 0 Å². The molecular weight excluding hydrogens is 200 g/mol. The number of hydrogen-bond acceptors (Lipinski definition) is 4. The van der Waals surface area contributed by atoms with Gasteiger partial charge in [-0.1, -0.05) is 0 Å². The highest BCUT2D eigenvalue weighted by Crippen LogP contribution is 2.13. The first-order valence-electron chi connectivity index (χ1n) is 5.15. The molecule has 0 radical (unpaired) electrons. The van der Waals surface area contributed by atoms with Crippen LogP contribution < -0.4 is 5.73 Å². The average molecular weight is 214 g/mol. The molecule has 0 saturated heterocycles. The number of anilines is 1. The van der Waals surface area contributed by atoms with Crippen molar-refractivity contribution >= 4 is 5.82 Å². The van der Waals surface area contributed by atoms with Gasteiger partial charge in [0.2, 0.25) is 0 Å². The molecule has 0 fully saturated rings. The monoisotopic (exact) mass is 214 g/mol. The fourth-order valence-electron chi connectivity index (χ4n) is 1.47. The van der Waals surface area contributed by atoms with Crippen molar-refractivity contribution in [2.24, 2.45) is 0 Å². The van der Waals surface area contributed by atoms with Crippen LogP contribution in [0.1, 0.15) is 22.6 Å². The van der Waals surface area contributed by atoms with E-state index in [0.29, 0.717) is 12.2 Å². The second kappa shape index (κ2) is 4.26. The van der Waals surface area contributed by atoms with Crippen LogP contribution in [0.4, 0.5) is 5.82 Å². The molecule has 0 spiro atoms. The van der Waals surface area contributed by atoms with Crippen molar-refractivity contribution in [3.63, 3.8) is 0 Å². The summed E-state index contributed by atoms with van der Waals surface area (Å²) in [5, 5.41) is 0. The molecule has 2 aromatic rings. The van der Waals surface area contributed by atoms with Gasteiger partial charge in [-0.3, -0.25) is 4.98 Å². The van der Waals surface area contributed by atoms with Crippen molar-refractivity contribution in [3.05, 3.63) is 47.2 Å². The minimum Gasteiger partial charge on any atom is -0.383 e. The van der Waals surface area contributed by atoms with E-state index in [0.717, 1.165) is 22.6 Å². The maximum absolute atomic E-state index is 5.81. The second-order valence-corrected chi connectivity index (χ2v) is 3.77. The molecule has 4 nitrogen and oxygen atoms in total. The van der Waals surface area contributed by atoms with E-state index in [2.05, 4.69) is 15.0 Å². The third kappa shape index (κ3) is 2.16. The van der Waals surface area contributed by atoms with Gasteiger partial charge in [0.05, 0.1) is 0 Å². The zero-order valence-electron chi connectivity index (χ0n) is 9.44. The van der Waals surface area contributed by atoms with Crippen LogP contribution in [0, 0.1) is 13.8 Å². The maximum atomic E-state index is 5.81. The number of pyridine rings is 1. The Kier molecular flexibility index (Phi) is 2.81. The van der Waals surface area contributed by atoms with Crippen LogP contribution in [0.25, 0.3) is 0 Å². The van der Waals surface area contributed by atoms with Crippen LogP contribution in [0.5, 0.6) is 0 Å². The molecule has 0 aliphatic rings. The number of nitrogens with zero attached hydrogens (tertiary/aromatic N) is 3. The van der Waals surface area contributed by atoms with E-state index in [1.165, 1.54) is 0 Å². The summed E-state index contributed by atoms with van der Waals surface area (Å²) in [6.07, 6.45) is 4.22. The Balaban J connectivity index is 2.29. The van der Waals surface area contributed by atoms with E-state index in [-0.39, 0.29) is 0 Å². The van der Waals surface area contributed by atoms with Gasteiger partial charge in [-0.2, -0.15) is 0 Å². The van der Waals surface area contributed by atoms with Crippen LogP contribution in [-0.2, 0) is 6.42 Å². The van der Waals surface area contributed by atoms with Crippen molar-refractivity contribution in [3.8, 4) is 0 Å². The Morgan fingerprint density at radius 2 is 1.81 bits per heavy atom. The van der Waals surface area contributed by atoms with Crippen molar-refractivity contribution in [1.82, 2.24) is 15.0 Å². The van der Waals surface area contributed by atoms with Crippen molar-refractivity contribution < 1.29 is 0 Å². The van der Waals surface area contributed by atoms with Gasteiger partial charge in [0.15, 0.2) is 0 Å². The van der Waals surface area contributed by atoms with E-state index >= 15 is 0 Å². The topological polar surface area (TPSA) is 64.7 Å². The number of nitrogens with two attached hydrogens (primary N) is 1. The first-order valence-corrected chi connectivity index (χ1v) is 5.15. The van der Waals surface area contributed by atoms with E-state index < -0.39 is 0 Å². The van der Waals surface area contributed by atoms with Crippen LogP contribution in [0.2, 0.25) is 0 Å². The predicted octanol–water partition coefficient (Wildman–Crippen LogP) is 1.66. The highest BCUT2D eigenvalue weighted by molar-refractivity contribution is 5.41. The number of hydrogen-bond donors (Lipinski definition) is 1. The Labute approximate surface area is 94.6 Å². The summed E-state index contributed by atoms with van der Waals surface area (Å²) in [7, 11) is 0. The number of nitrogen functional groups attached to an aromatic ring is 1. The van der Waals surface area contributed by atoms with Crippen LogP contribution in [0.15, 0.2) is 24.5 Å². The zero-order valence-corrected chi connectivity index (χ0v) is 9.44. The molecule has 2 heterocycles. The molecule has 0 bridgehead atoms. The first-order chi connectivity index (χ1) is 7.66. The summed E-state index contributed by atoms with van der Waals surface area (Å²) in [4.78, 5) is 12.7. The lowest BCUT2D eigenvalue weighted by atomic mass is 10.2. The zero-order chi connectivity index (χ0) is 11.5. The largest absolute Gasteiger partial charge is 0.383 e. The molecule has 2 rings (SSSR count). The maximum Gasteiger partial charge on any atom is 0.135 e. The smallest absolute Gasteiger partial charge is 0.135 e. The highest BCUT2D eigenvalue weighted by Gasteiger charge is 2.05. The molecule has 0 aliphatic heterocycles. The lowest BCUT2D eigenvalue weighted by molar-refractivity contribution is 0.932. The van der Waals surface area contributed by atoms with Gasteiger partial charge < -0.3 is 5.73 Å².